The quantitative estimate of drug-likeness (QED) is 0.614. The summed E-state index contributed by atoms with van der Waals surface area (Å²) < 4.78 is 5.74. The van der Waals surface area contributed by atoms with Gasteiger partial charge in [0.15, 0.2) is 0 Å². The van der Waals surface area contributed by atoms with Crippen LogP contribution in [0.2, 0.25) is 0 Å². The molecule has 2 aliphatic heterocycles. The third-order valence-electron chi connectivity index (χ3n) is 6.33. The van der Waals surface area contributed by atoms with Crippen LogP contribution in [0.4, 0.5) is 0 Å². The van der Waals surface area contributed by atoms with Crippen molar-refractivity contribution >= 4 is 22.1 Å². The standard InChI is InChI=1S/C22H29N5O2/c1-14-2-3-18-17(10-14)20-21(29-18)22(28)26-19(25-20)13-27-9-6-16(12-27)24-11-15-4-7-23-8-5-15/h2-3,10,15-16,23-24H,4-9,11-13H2,1H3,(H,25,26,28). The predicted octanol–water partition coefficient (Wildman–Crippen LogP) is 2.14. The topological polar surface area (TPSA) is 86.2 Å². The van der Waals surface area contributed by atoms with Gasteiger partial charge in [-0.05, 0) is 63.9 Å². The summed E-state index contributed by atoms with van der Waals surface area (Å²) in [7, 11) is 0. The number of nitrogens with one attached hydrogen (secondary N) is 3. The molecule has 3 aromatic rings. The second-order valence-corrected chi connectivity index (χ2v) is 8.61. The highest BCUT2D eigenvalue weighted by molar-refractivity contribution is 6.02. The first kappa shape index (κ1) is 18.8. The van der Waals surface area contributed by atoms with Crippen molar-refractivity contribution in [1.82, 2.24) is 25.5 Å². The van der Waals surface area contributed by atoms with Crippen LogP contribution < -0.4 is 16.2 Å². The Morgan fingerprint density at radius 3 is 3.00 bits per heavy atom. The number of rotatable bonds is 5. The number of furan rings is 1. The van der Waals surface area contributed by atoms with E-state index in [1.54, 1.807) is 0 Å². The highest BCUT2D eigenvalue weighted by Crippen LogP contribution is 2.26. The molecule has 0 radical (unpaired) electrons. The number of aromatic nitrogens is 2. The molecule has 0 amide bonds. The third kappa shape index (κ3) is 3.95. The van der Waals surface area contributed by atoms with E-state index >= 15 is 0 Å². The molecular weight excluding hydrogens is 366 g/mol. The van der Waals surface area contributed by atoms with Crippen LogP contribution >= 0.6 is 0 Å². The monoisotopic (exact) mass is 395 g/mol. The lowest BCUT2D eigenvalue weighted by Gasteiger charge is -2.24. The summed E-state index contributed by atoms with van der Waals surface area (Å²) in [5, 5.41) is 8.10. The van der Waals surface area contributed by atoms with Gasteiger partial charge in [0.05, 0.1) is 6.54 Å². The zero-order chi connectivity index (χ0) is 19.8. The van der Waals surface area contributed by atoms with Gasteiger partial charge in [0.1, 0.15) is 16.9 Å². The van der Waals surface area contributed by atoms with E-state index in [9.17, 15) is 4.79 Å². The van der Waals surface area contributed by atoms with Gasteiger partial charge in [-0.3, -0.25) is 9.69 Å². The van der Waals surface area contributed by atoms with Crippen molar-refractivity contribution in [3.8, 4) is 0 Å². The molecule has 2 fully saturated rings. The van der Waals surface area contributed by atoms with Crippen LogP contribution in [0, 0.1) is 12.8 Å². The maximum atomic E-state index is 12.5. The maximum Gasteiger partial charge on any atom is 0.294 e. The van der Waals surface area contributed by atoms with E-state index in [4.69, 9.17) is 9.40 Å². The molecule has 0 aliphatic carbocycles. The second kappa shape index (κ2) is 7.89. The van der Waals surface area contributed by atoms with Crippen molar-refractivity contribution in [2.75, 3.05) is 32.7 Å². The average Bonchev–Trinajstić information content (AvgIpc) is 3.32. The number of hydrogen-bond donors (Lipinski definition) is 3. The van der Waals surface area contributed by atoms with E-state index in [1.165, 1.54) is 12.8 Å². The highest BCUT2D eigenvalue weighted by Gasteiger charge is 2.24. The fourth-order valence-corrected chi connectivity index (χ4v) is 4.66. The first-order valence-electron chi connectivity index (χ1n) is 10.7. The Kier molecular flexibility index (Phi) is 5.11. The fraction of sp³-hybridized carbons (Fsp3) is 0.545. The molecule has 7 heteroatoms. The molecule has 0 saturated carbocycles. The summed E-state index contributed by atoms with van der Waals surface area (Å²) in [6, 6.07) is 6.46. The second-order valence-electron chi connectivity index (χ2n) is 8.61. The van der Waals surface area contributed by atoms with Gasteiger partial charge in [-0.25, -0.2) is 4.98 Å². The number of likely N-dealkylation sites (tertiary alicyclic amines) is 1. The lowest BCUT2D eigenvalue weighted by Crippen LogP contribution is -2.39. The van der Waals surface area contributed by atoms with Crippen molar-refractivity contribution in [2.45, 2.75) is 38.8 Å². The SMILES string of the molecule is Cc1ccc2oc3c(=O)[nH]c(CN4CCC(NCC5CCNCC5)C4)nc3c2c1. The smallest absolute Gasteiger partial charge is 0.294 e. The van der Waals surface area contributed by atoms with Crippen LogP contribution in [-0.4, -0.2) is 53.6 Å². The summed E-state index contributed by atoms with van der Waals surface area (Å²) in [4.78, 5) is 22.6. The number of fused-ring (bicyclic) bond motifs is 3. The van der Waals surface area contributed by atoms with Gasteiger partial charge in [0.2, 0.25) is 5.58 Å². The minimum absolute atomic E-state index is 0.196. The largest absolute Gasteiger partial charge is 0.449 e. The Morgan fingerprint density at radius 1 is 1.28 bits per heavy atom. The van der Waals surface area contributed by atoms with Crippen LogP contribution in [0.25, 0.3) is 22.1 Å². The molecule has 1 unspecified atom stereocenters. The number of aryl methyl sites for hydroxylation is 1. The molecule has 1 atom stereocenters. The van der Waals surface area contributed by atoms with Gasteiger partial charge in [-0.1, -0.05) is 11.6 Å². The molecular formula is C22H29N5O2. The molecule has 5 rings (SSSR count). The molecule has 2 saturated heterocycles. The van der Waals surface area contributed by atoms with Crippen LogP contribution in [0.15, 0.2) is 27.4 Å². The Hall–Kier alpha value is -2.22. The minimum atomic E-state index is -0.196. The van der Waals surface area contributed by atoms with E-state index in [1.807, 2.05) is 25.1 Å². The van der Waals surface area contributed by atoms with E-state index in [2.05, 4.69) is 20.5 Å². The van der Waals surface area contributed by atoms with E-state index in [0.717, 1.165) is 56.0 Å². The zero-order valence-electron chi connectivity index (χ0n) is 17.0. The minimum Gasteiger partial charge on any atom is -0.449 e. The molecule has 154 valence electrons. The molecule has 0 bridgehead atoms. The van der Waals surface area contributed by atoms with Crippen LogP contribution in [0.1, 0.15) is 30.7 Å². The summed E-state index contributed by atoms with van der Waals surface area (Å²) >= 11 is 0. The third-order valence-corrected chi connectivity index (χ3v) is 6.33. The van der Waals surface area contributed by atoms with Crippen LogP contribution in [-0.2, 0) is 6.54 Å². The molecule has 0 spiro atoms. The number of piperidine rings is 1. The molecule has 29 heavy (non-hydrogen) atoms. The summed E-state index contributed by atoms with van der Waals surface area (Å²) in [6.07, 6.45) is 3.69. The number of H-pyrrole nitrogens is 1. The Balaban J connectivity index is 1.27. The number of nitrogens with zero attached hydrogens (tertiary/aromatic N) is 2. The lowest BCUT2D eigenvalue weighted by atomic mass is 9.98. The Morgan fingerprint density at radius 2 is 2.14 bits per heavy atom. The average molecular weight is 396 g/mol. The van der Waals surface area contributed by atoms with Crippen molar-refractivity contribution < 1.29 is 4.42 Å². The molecule has 1 aromatic carbocycles. The number of benzene rings is 1. The van der Waals surface area contributed by atoms with Gasteiger partial charge in [-0.2, -0.15) is 0 Å². The Bertz CT molecular complexity index is 1070. The van der Waals surface area contributed by atoms with Crippen molar-refractivity contribution in [3.63, 3.8) is 0 Å². The van der Waals surface area contributed by atoms with Gasteiger partial charge in [0, 0.05) is 24.5 Å². The first-order valence-corrected chi connectivity index (χ1v) is 10.7. The normalized spacial score (nSPS) is 21.5. The number of aromatic amines is 1. The van der Waals surface area contributed by atoms with Crippen LogP contribution in [0.3, 0.4) is 0 Å². The van der Waals surface area contributed by atoms with Gasteiger partial charge >= 0.3 is 0 Å². The molecule has 2 aliphatic rings. The van der Waals surface area contributed by atoms with Gasteiger partial charge in [-0.15, -0.1) is 0 Å². The van der Waals surface area contributed by atoms with Crippen LogP contribution in [0.5, 0.6) is 0 Å². The maximum absolute atomic E-state index is 12.5. The first-order chi connectivity index (χ1) is 14.2. The van der Waals surface area contributed by atoms with E-state index < -0.39 is 0 Å². The fourth-order valence-electron chi connectivity index (χ4n) is 4.66. The van der Waals surface area contributed by atoms with Crippen molar-refractivity contribution in [1.29, 1.82) is 0 Å². The van der Waals surface area contributed by atoms with Crippen molar-refractivity contribution in [2.24, 2.45) is 5.92 Å². The highest BCUT2D eigenvalue weighted by atomic mass is 16.3. The zero-order valence-corrected chi connectivity index (χ0v) is 17.0. The molecule has 7 nitrogen and oxygen atoms in total. The van der Waals surface area contributed by atoms with E-state index in [-0.39, 0.29) is 5.56 Å². The van der Waals surface area contributed by atoms with Gasteiger partial charge < -0.3 is 20.0 Å². The summed E-state index contributed by atoms with van der Waals surface area (Å²) in [5.41, 5.74) is 2.63. The van der Waals surface area contributed by atoms with E-state index in [0.29, 0.717) is 35.1 Å². The summed E-state index contributed by atoms with van der Waals surface area (Å²) in [6.45, 7) is 8.12. The molecule has 2 aromatic heterocycles. The molecule has 4 heterocycles. The Labute approximate surface area is 169 Å². The van der Waals surface area contributed by atoms with Crippen molar-refractivity contribution in [3.05, 3.63) is 39.9 Å². The lowest BCUT2D eigenvalue weighted by molar-refractivity contribution is 0.301. The molecule has 3 N–H and O–H groups in total. The predicted molar refractivity (Wildman–Crippen MR) is 114 cm³/mol. The number of hydrogen-bond acceptors (Lipinski definition) is 6. The summed E-state index contributed by atoms with van der Waals surface area (Å²) in [5.74, 6) is 1.51. The van der Waals surface area contributed by atoms with Gasteiger partial charge in [0.25, 0.3) is 5.56 Å².